The Bertz CT molecular complexity index is 194. The predicted molar refractivity (Wildman–Crippen MR) is 55.7 cm³/mol. The van der Waals surface area contributed by atoms with E-state index in [4.69, 9.17) is 0 Å². The molecule has 74 valence electrons. The molecular formula is C10H19N3. The number of hydrogen-bond donors (Lipinski definition) is 3. The van der Waals surface area contributed by atoms with Gasteiger partial charge in [0.2, 0.25) is 0 Å². The van der Waals surface area contributed by atoms with E-state index in [1.54, 1.807) is 0 Å². The molecule has 0 aliphatic rings. The Morgan fingerprint density at radius 2 is 2.15 bits per heavy atom. The summed E-state index contributed by atoms with van der Waals surface area (Å²) in [5, 5.41) is 6.53. The molecule has 0 aliphatic heterocycles. The molecule has 0 aromatic carbocycles. The number of hydrogen-bond acceptors (Lipinski definition) is 2. The fraction of sp³-hybridized carbons (Fsp3) is 0.600. The molecule has 3 heteroatoms. The van der Waals surface area contributed by atoms with Crippen LogP contribution in [-0.4, -0.2) is 25.1 Å². The first kappa shape index (κ1) is 10.3. The highest BCUT2D eigenvalue weighted by atomic mass is 14.9. The zero-order chi connectivity index (χ0) is 9.36. The van der Waals surface area contributed by atoms with E-state index in [0.29, 0.717) is 0 Å². The van der Waals surface area contributed by atoms with E-state index in [0.717, 1.165) is 19.6 Å². The summed E-state index contributed by atoms with van der Waals surface area (Å²) < 4.78 is 0. The summed E-state index contributed by atoms with van der Waals surface area (Å²) in [6.07, 6.45) is 4.44. The first-order chi connectivity index (χ1) is 6.43. The van der Waals surface area contributed by atoms with Crippen LogP contribution in [0.4, 0.5) is 0 Å². The predicted octanol–water partition coefficient (Wildman–Crippen LogP) is 1.10. The Kier molecular flexibility index (Phi) is 5.29. The number of aromatic amines is 1. The van der Waals surface area contributed by atoms with Crippen molar-refractivity contribution in [3.05, 3.63) is 24.0 Å². The SMILES string of the molecule is CNCCCCNCc1ccc[nH]1. The fourth-order valence-electron chi connectivity index (χ4n) is 1.25. The van der Waals surface area contributed by atoms with Gasteiger partial charge in [-0.2, -0.15) is 0 Å². The van der Waals surface area contributed by atoms with Crippen LogP contribution in [0.25, 0.3) is 0 Å². The minimum absolute atomic E-state index is 0.951. The Hall–Kier alpha value is -0.800. The maximum atomic E-state index is 3.39. The van der Waals surface area contributed by atoms with Gasteiger partial charge in [-0.15, -0.1) is 0 Å². The molecule has 1 heterocycles. The average molecular weight is 181 g/mol. The lowest BCUT2D eigenvalue weighted by Gasteiger charge is -2.02. The number of H-pyrrole nitrogens is 1. The Morgan fingerprint density at radius 3 is 2.85 bits per heavy atom. The maximum absolute atomic E-state index is 3.39. The van der Waals surface area contributed by atoms with Gasteiger partial charge in [0.25, 0.3) is 0 Å². The first-order valence-corrected chi connectivity index (χ1v) is 4.91. The largest absolute Gasteiger partial charge is 0.364 e. The van der Waals surface area contributed by atoms with Crippen LogP contribution in [0.1, 0.15) is 18.5 Å². The molecule has 0 saturated carbocycles. The molecule has 1 aromatic heterocycles. The van der Waals surface area contributed by atoms with Gasteiger partial charge in [-0.1, -0.05) is 0 Å². The summed E-state index contributed by atoms with van der Waals surface area (Å²) in [6.45, 7) is 3.16. The lowest BCUT2D eigenvalue weighted by Crippen LogP contribution is -2.16. The Balaban J connectivity index is 1.90. The summed E-state index contributed by atoms with van der Waals surface area (Å²) in [6, 6.07) is 4.12. The summed E-state index contributed by atoms with van der Waals surface area (Å²) in [7, 11) is 1.99. The molecule has 13 heavy (non-hydrogen) atoms. The normalized spacial score (nSPS) is 10.5. The smallest absolute Gasteiger partial charge is 0.0357 e. The van der Waals surface area contributed by atoms with Gasteiger partial charge in [-0.3, -0.25) is 0 Å². The molecule has 3 nitrogen and oxygen atoms in total. The molecule has 0 spiro atoms. The second kappa shape index (κ2) is 6.69. The van der Waals surface area contributed by atoms with Gasteiger partial charge in [0.15, 0.2) is 0 Å². The average Bonchev–Trinajstić information content (AvgIpc) is 2.63. The lowest BCUT2D eigenvalue weighted by atomic mass is 10.3. The zero-order valence-electron chi connectivity index (χ0n) is 8.27. The molecule has 0 saturated heterocycles. The summed E-state index contributed by atoms with van der Waals surface area (Å²) in [5.74, 6) is 0. The third kappa shape index (κ3) is 4.70. The van der Waals surface area contributed by atoms with Crippen molar-refractivity contribution in [2.24, 2.45) is 0 Å². The van der Waals surface area contributed by atoms with Crippen LogP contribution in [0.2, 0.25) is 0 Å². The summed E-state index contributed by atoms with van der Waals surface area (Å²) in [5.41, 5.74) is 1.26. The monoisotopic (exact) mass is 181 g/mol. The highest BCUT2D eigenvalue weighted by Gasteiger charge is 1.91. The van der Waals surface area contributed by atoms with E-state index in [-0.39, 0.29) is 0 Å². The lowest BCUT2D eigenvalue weighted by molar-refractivity contribution is 0.602. The van der Waals surface area contributed by atoms with Crippen molar-refractivity contribution in [1.29, 1.82) is 0 Å². The standard InChI is InChI=1S/C10H19N3/c1-11-6-2-3-7-12-9-10-5-4-8-13-10/h4-5,8,11-13H,2-3,6-7,9H2,1H3. The molecule has 1 rings (SSSR count). The van der Waals surface area contributed by atoms with Gasteiger partial charge in [0, 0.05) is 18.4 Å². The number of rotatable bonds is 7. The van der Waals surface area contributed by atoms with Crippen molar-refractivity contribution < 1.29 is 0 Å². The minimum Gasteiger partial charge on any atom is -0.364 e. The van der Waals surface area contributed by atoms with Crippen molar-refractivity contribution in [2.45, 2.75) is 19.4 Å². The summed E-state index contributed by atoms with van der Waals surface area (Å²) >= 11 is 0. The molecular weight excluding hydrogens is 162 g/mol. The van der Waals surface area contributed by atoms with Crippen LogP contribution in [0.15, 0.2) is 18.3 Å². The van der Waals surface area contributed by atoms with E-state index in [2.05, 4.69) is 21.7 Å². The van der Waals surface area contributed by atoms with Crippen molar-refractivity contribution in [1.82, 2.24) is 15.6 Å². The molecule has 0 bridgehead atoms. The quantitative estimate of drug-likeness (QED) is 0.551. The van der Waals surface area contributed by atoms with Crippen molar-refractivity contribution >= 4 is 0 Å². The molecule has 0 amide bonds. The van der Waals surface area contributed by atoms with Crippen molar-refractivity contribution in [3.8, 4) is 0 Å². The third-order valence-corrected chi connectivity index (χ3v) is 2.01. The van der Waals surface area contributed by atoms with Gasteiger partial charge in [-0.25, -0.2) is 0 Å². The first-order valence-electron chi connectivity index (χ1n) is 4.91. The van der Waals surface area contributed by atoms with Crippen LogP contribution in [-0.2, 0) is 6.54 Å². The second-order valence-electron chi connectivity index (χ2n) is 3.18. The molecule has 0 aliphatic carbocycles. The van der Waals surface area contributed by atoms with Gasteiger partial charge in [0.05, 0.1) is 0 Å². The highest BCUT2D eigenvalue weighted by molar-refractivity contribution is 5.02. The van der Waals surface area contributed by atoms with Crippen molar-refractivity contribution in [2.75, 3.05) is 20.1 Å². The Labute approximate surface area is 79.9 Å². The van der Waals surface area contributed by atoms with E-state index in [1.807, 2.05) is 19.3 Å². The van der Waals surface area contributed by atoms with Crippen LogP contribution in [0, 0.1) is 0 Å². The number of nitrogens with one attached hydrogen (secondary N) is 3. The number of unbranched alkanes of at least 4 members (excludes halogenated alkanes) is 1. The van der Waals surface area contributed by atoms with Gasteiger partial charge >= 0.3 is 0 Å². The van der Waals surface area contributed by atoms with Crippen LogP contribution in [0.3, 0.4) is 0 Å². The van der Waals surface area contributed by atoms with Gasteiger partial charge in [-0.05, 0) is 45.1 Å². The molecule has 0 radical (unpaired) electrons. The third-order valence-electron chi connectivity index (χ3n) is 2.01. The van der Waals surface area contributed by atoms with Crippen LogP contribution < -0.4 is 10.6 Å². The van der Waals surface area contributed by atoms with Gasteiger partial charge < -0.3 is 15.6 Å². The van der Waals surface area contributed by atoms with E-state index >= 15 is 0 Å². The van der Waals surface area contributed by atoms with Crippen LogP contribution >= 0.6 is 0 Å². The molecule has 0 fully saturated rings. The molecule has 0 unspecified atom stereocenters. The topological polar surface area (TPSA) is 39.8 Å². The van der Waals surface area contributed by atoms with E-state index < -0.39 is 0 Å². The van der Waals surface area contributed by atoms with Gasteiger partial charge in [0.1, 0.15) is 0 Å². The zero-order valence-corrected chi connectivity index (χ0v) is 8.27. The van der Waals surface area contributed by atoms with E-state index in [1.165, 1.54) is 18.5 Å². The van der Waals surface area contributed by atoms with Crippen LogP contribution in [0.5, 0.6) is 0 Å². The molecule has 0 atom stereocenters. The van der Waals surface area contributed by atoms with Crippen molar-refractivity contribution in [3.63, 3.8) is 0 Å². The number of aromatic nitrogens is 1. The molecule has 1 aromatic rings. The van der Waals surface area contributed by atoms with E-state index in [9.17, 15) is 0 Å². The minimum atomic E-state index is 0.951. The summed E-state index contributed by atoms with van der Waals surface area (Å²) in [4.78, 5) is 3.16. The fourth-order valence-corrected chi connectivity index (χ4v) is 1.25. The molecule has 3 N–H and O–H groups in total. The maximum Gasteiger partial charge on any atom is 0.0357 e. The highest BCUT2D eigenvalue weighted by Crippen LogP contribution is 1.93. The Morgan fingerprint density at radius 1 is 1.31 bits per heavy atom. The second-order valence-corrected chi connectivity index (χ2v) is 3.18.